The summed E-state index contributed by atoms with van der Waals surface area (Å²) in [6.45, 7) is 3.12. The van der Waals surface area contributed by atoms with E-state index in [2.05, 4.69) is 30.7 Å². The minimum absolute atomic E-state index is 0.0383. The maximum Gasteiger partial charge on any atom is 0.184 e. The van der Waals surface area contributed by atoms with E-state index >= 15 is 0 Å². The summed E-state index contributed by atoms with van der Waals surface area (Å²) in [5, 5.41) is 10.9. The molecule has 196 valence electrons. The van der Waals surface area contributed by atoms with Gasteiger partial charge >= 0.3 is 0 Å². The summed E-state index contributed by atoms with van der Waals surface area (Å²) in [5.41, 5.74) is 2.44. The smallest absolute Gasteiger partial charge is 0.184 e. The van der Waals surface area contributed by atoms with Gasteiger partial charge in [0.1, 0.15) is 29.8 Å². The third-order valence-corrected chi connectivity index (χ3v) is 6.04. The van der Waals surface area contributed by atoms with Crippen LogP contribution in [0.3, 0.4) is 0 Å². The number of carbonyl (C=O) groups excluding carboxylic acids is 1. The van der Waals surface area contributed by atoms with Crippen LogP contribution < -0.4 is 20.1 Å². The lowest BCUT2D eigenvalue weighted by Gasteiger charge is -2.17. The van der Waals surface area contributed by atoms with Gasteiger partial charge in [0.25, 0.3) is 0 Å². The van der Waals surface area contributed by atoms with Crippen LogP contribution in [-0.4, -0.2) is 56.9 Å². The van der Waals surface area contributed by atoms with Gasteiger partial charge in [-0.2, -0.15) is 5.10 Å². The Morgan fingerprint density at radius 3 is 2.66 bits per heavy atom. The summed E-state index contributed by atoms with van der Waals surface area (Å²) < 4.78 is 18.6. The summed E-state index contributed by atoms with van der Waals surface area (Å²) >= 11 is 0. The average molecular weight is 516 g/mol. The number of rotatable bonds is 10. The molecule has 0 amide bonds. The molecule has 11 nitrogen and oxygen atoms in total. The molecule has 1 aromatic carbocycles. The second-order valence-electron chi connectivity index (χ2n) is 8.75. The maximum atomic E-state index is 12.7. The van der Waals surface area contributed by atoms with Crippen LogP contribution >= 0.6 is 0 Å². The van der Waals surface area contributed by atoms with E-state index in [0.717, 1.165) is 12.0 Å². The Kier molecular flexibility index (Phi) is 7.45. The first-order valence-electron chi connectivity index (χ1n) is 12.3. The van der Waals surface area contributed by atoms with Crippen LogP contribution in [0, 0.1) is 0 Å². The Balaban J connectivity index is 1.41. The average Bonchev–Trinajstić information content (AvgIpc) is 3.61. The number of hydrogen-bond donors (Lipinski definition) is 2. The number of ether oxygens (including phenoxy) is 3. The molecule has 0 bridgehead atoms. The number of carbonyl (C=O) groups is 1. The van der Waals surface area contributed by atoms with Crippen LogP contribution in [0.25, 0.3) is 11.4 Å². The van der Waals surface area contributed by atoms with Crippen molar-refractivity contribution in [1.82, 2.24) is 24.7 Å². The van der Waals surface area contributed by atoms with Crippen LogP contribution in [-0.2, 0) is 11.8 Å². The number of Topliss-reactive ketones (excluding diaryl/α,β-unsaturated/α-hetero) is 1. The summed E-state index contributed by atoms with van der Waals surface area (Å²) in [5.74, 6) is 2.85. The highest BCUT2D eigenvalue weighted by Crippen LogP contribution is 2.37. The fraction of sp³-hybridized carbons (Fsp3) is 0.296. The van der Waals surface area contributed by atoms with E-state index in [1.54, 1.807) is 43.6 Å². The predicted molar refractivity (Wildman–Crippen MR) is 143 cm³/mol. The summed E-state index contributed by atoms with van der Waals surface area (Å²) in [6, 6.07) is 11.1. The topological polar surface area (TPSA) is 125 Å². The lowest BCUT2D eigenvalue weighted by Crippen LogP contribution is -2.15. The monoisotopic (exact) mass is 515 g/mol. The van der Waals surface area contributed by atoms with Gasteiger partial charge in [-0.1, -0.05) is 13.0 Å². The fourth-order valence-corrected chi connectivity index (χ4v) is 4.13. The number of aromatic nitrogens is 5. The van der Waals surface area contributed by atoms with E-state index in [0.29, 0.717) is 65.5 Å². The Bertz CT molecular complexity index is 1420. The van der Waals surface area contributed by atoms with E-state index in [9.17, 15) is 4.79 Å². The van der Waals surface area contributed by atoms with Gasteiger partial charge in [0.05, 0.1) is 49.0 Å². The molecule has 0 aliphatic carbocycles. The SMILES string of the molecule is CCC(=O)c1cnc(Nc2ccc(O[C@@H]3CCOC3)cn2)cc1Nc1cccc(-c2ncn(C)n2)c1OC. The largest absolute Gasteiger partial charge is 0.494 e. The molecule has 1 saturated heterocycles. The highest BCUT2D eigenvalue weighted by atomic mass is 16.5. The molecule has 1 atom stereocenters. The van der Waals surface area contributed by atoms with Gasteiger partial charge in [-0.25, -0.2) is 15.0 Å². The first-order chi connectivity index (χ1) is 18.5. The van der Waals surface area contributed by atoms with Crippen molar-refractivity contribution in [2.24, 2.45) is 7.05 Å². The van der Waals surface area contributed by atoms with Gasteiger partial charge in [0.15, 0.2) is 17.4 Å². The van der Waals surface area contributed by atoms with Gasteiger partial charge in [0, 0.05) is 32.2 Å². The molecule has 1 fully saturated rings. The normalized spacial score (nSPS) is 14.8. The van der Waals surface area contributed by atoms with Crippen LogP contribution in [0.2, 0.25) is 0 Å². The first kappa shape index (κ1) is 25.2. The molecule has 0 saturated carbocycles. The number of pyridine rings is 2. The van der Waals surface area contributed by atoms with E-state index < -0.39 is 0 Å². The van der Waals surface area contributed by atoms with Crippen molar-refractivity contribution in [2.45, 2.75) is 25.9 Å². The Morgan fingerprint density at radius 1 is 1.11 bits per heavy atom. The molecule has 4 aromatic rings. The summed E-state index contributed by atoms with van der Waals surface area (Å²) in [6.07, 6.45) is 6.12. The van der Waals surface area contributed by atoms with Gasteiger partial charge in [-0.15, -0.1) is 0 Å². The van der Waals surface area contributed by atoms with Crippen molar-refractivity contribution in [3.63, 3.8) is 0 Å². The van der Waals surface area contributed by atoms with Crippen molar-refractivity contribution in [1.29, 1.82) is 0 Å². The number of benzene rings is 1. The molecule has 5 rings (SSSR count). The van der Waals surface area contributed by atoms with Crippen LogP contribution in [0.15, 0.2) is 55.1 Å². The van der Waals surface area contributed by atoms with E-state index in [-0.39, 0.29) is 11.9 Å². The van der Waals surface area contributed by atoms with Crippen molar-refractivity contribution >= 4 is 28.8 Å². The molecular weight excluding hydrogens is 486 g/mol. The number of hydrogen-bond acceptors (Lipinski definition) is 10. The van der Waals surface area contributed by atoms with Crippen molar-refractivity contribution < 1.29 is 19.0 Å². The second-order valence-corrected chi connectivity index (χ2v) is 8.75. The second kappa shape index (κ2) is 11.3. The number of nitrogens with zero attached hydrogens (tertiary/aromatic N) is 5. The lowest BCUT2D eigenvalue weighted by atomic mass is 10.1. The van der Waals surface area contributed by atoms with Crippen molar-refractivity contribution in [3.05, 3.63) is 60.7 Å². The molecule has 0 spiro atoms. The molecule has 11 heteroatoms. The zero-order chi connectivity index (χ0) is 26.5. The molecule has 1 aliphatic heterocycles. The molecule has 0 radical (unpaired) electrons. The molecule has 4 heterocycles. The molecule has 2 N–H and O–H groups in total. The first-order valence-corrected chi connectivity index (χ1v) is 12.3. The summed E-state index contributed by atoms with van der Waals surface area (Å²) in [7, 11) is 3.39. The minimum atomic E-state index is -0.0383. The summed E-state index contributed by atoms with van der Waals surface area (Å²) in [4.78, 5) is 26.0. The number of para-hydroxylation sites is 1. The molecule has 3 aromatic heterocycles. The molecular formula is C27H29N7O4. The number of methoxy groups -OCH3 is 1. The van der Waals surface area contributed by atoms with E-state index in [1.165, 1.54) is 0 Å². The van der Waals surface area contributed by atoms with Gasteiger partial charge < -0.3 is 24.8 Å². The van der Waals surface area contributed by atoms with Crippen molar-refractivity contribution in [2.75, 3.05) is 31.0 Å². The third kappa shape index (κ3) is 5.57. The Labute approximate surface area is 220 Å². The lowest BCUT2D eigenvalue weighted by molar-refractivity contribution is 0.0988. The Hall–Kier alpha value is -4.51. The highest BCUT2D eigenvalue weighted by molar-refractivity contribution is 6.02. The molecule has 1 aliphatic rings. The van der Waals surface area contributed by atoms with E-state index in [4.69, 9.17) is 14.2 Å². The van der Waals surface area contributed by atoms with Crippen LogP contribution in [0.5, 0.6) is 11.5 Å². The fourth-order valence-electron chi connectivity index (χ4n) is 4.13. The maximum absolute atomic E-state index is 12.7. The quantitative estimate of drug-likeness (QED) is 0.291. The number of ketones is 1. The number of nitrogens with one attached hydrogen (secondary N) is 2. The van der Waals surface area contributed by atoms with Gasteiger partial charge in [-0.05, 0) is 24.3 Å². The molecule has 0 unspecified atom stereocenters. The highest BCUT2D eigenvalue weighted by Gasteiger charge is 2.19. The number of anilines is 4. The molecule has 38 heavy (non-hydrogen) atoms. The van der Waals surface area contributed by atoms with Crippen molar-refractivity contribution in [3.8, 4) is 22.9 Å². The Morgan fingerprint density at radius 2 is 1.97 bits per heavy atom. The minimum Gasteiger partial charge on any atom is -0.494 e. The van der Waals surface area contributed by atoms with Crippen LogP contribution in [0.4, 0.5) is 23.0 Å². The van der Waals surface area contributed by atoms with Crippen LogP contribution in [0.1, 0.15) is 30.1 Å². The van der Waals surface area contributed by atoms with Gasteiger partial charge in [-0.3, -0.25) is 9.48 Å². The number of aryl methyl sites for hydroxylation is 1. The van der Waals surface area contributed by atoms with E-state index in [1.807, 2.05) is 37.3 Å². The third-order valence-electron chi connectivity index (χ3n) is 6.04. The standard InChI is InChI=1S/C27H29N7O4/c1-4-23(35)20-14-29-25(32-24-9-8-17(13-28-24)38-18-10-11-37-15-18)12-22(20)31-21-7-5-6-19(26(21)36-3)27-30-16-34(2)33-27/h5-9,12-14,16,18H,4,10-11,15H2,1-3H3,(H2,28,29,31,32)/t18-/m1/s1. The van der Waals surface area contributed by atoms with Gasteiger partial charge in [0.2, 0.25) is 0 Å². The zero-order valence-corrected chi connectivity index (χ0v) is 21.5. The zero-order valence-electron chi connectivity index (χ0n) is 21.5. The predicted octanol–water partition coefficient (Wildman–Crippen LogP) is 4.53.